The highest BCUT2D eigenvalue weighted by Crippen LogP contribution is 2.36. The van der Waals surface area contributed by atoms with E-state index < -0.39 is 0 Å². The van der Waals surface area contributed by atoms with E-state index >= 15 is 0 Å². The van der Waals surface area contributed by atoms with Crippen molar-refractivity contribution in [3.05, 3.63) is 59.7 Å². The Balaban J connectivity index is 1.40. The van der Waals surface area contributed by atoms with Crippen LogP contribution in [0.25, 0.3) is 11.4 Å². The predicted octanol–water partition coefficient (Wildman–Crippen LogP) is 4.21. The molecule has 5 rings (SSSR count). The van der Waals surface area contributed by atoms with Crippen LogP contribution in [0.3, 0.4) is 0 Å². The fourth-order valence-electron chi connectivity index (χ4n) is 3.87. The number of nitrogens with one attached hydrogen (secondary N) is 2. The molecule has 9 nitrogen and oxygen atoms in total. The van der Waals surface area contributed by atoms with Crippen LogP contribution in [-0.4, -0.2) is 36.9 Å². The number of hydrogen-bond acceptors (Lipinski definition) is 8. The van der Waals surface area contributed by atoms with Gasteiger partial charge in [0.2, 0.25) is 5.95 Å². The third-order valence-electron chi connectivity index (χ3n) is 5.40. The number of aromatic amines is 1. The van der Waals surface area contributed by atoms with Gasteiger partial charge < -0.3 is 14.7 Å². The van der Waals surface area contributed by atoms with E-state index in [0.717, 1.165) is 60.2 Å². The van der Waals surface area contributed by atoms with Gasteiger partial charge in [0.25, 0.3) is 0 Å². The molecule has 0 aromatic carbocycles. The van der Waals surface area contributed by atoms with E-state index in [-0.39, 0.29) is 6.04 Å². The van der Waals surface area contributed by atoms with Gasteiger partial charge in [0.15, 0.2) is 11.6 Å². The molecule has 0 aliphatic carbocycles. The summed E-state index contributed by atoms with van der Waals surface area (Å²) >= 11 is 0. The number of aromatic nitrogens is 6. The molecule has 1 atom stereocenters. The van der Waals surface area contributed by atoms with E-state index in [1.165, 1.54) is 0 Å². The Morgan fingerprint density at radius 3 is 2.90 bits per heavy atom. The summed E-state index contributed by atoms with van der Waals surface area (Å²) in [6.07, 6.45) is 4.64. The quantitative estimate of drug-likeness (QED) is 0.481. The molecule has 1 fully saturated rings. The summed E-state index contributed by atoms with van der Waals surface area (Å²) in [5, 5.41) is 14.8. The molecule has 158 valence electrons. The lowest BCUT2D eigenvalue weighted by Crippen LogP contribution is -2.25. The smallest absolute Gasteiger partial charge is 0.228 e. The SMILES string of the molecule is CCc1cc(Nc2cc(C)nc(N3CCCC3c3cc(-c4ccccn4)no3)n2)n[nH]1. The van der Waals surface area contributed by atoms with Gasteiger partial charge in [0.05, 0.1) is 11.7 Å². The highest BCUT2D eigenvalue weighted by atomic mass is 16.5. The molecule has 0 amide bonds. The monoisotopic (exact) mass is 416 g/mol. The van der Waals surface area contributed by atoms with Crippen LogP contribution in [-0.2, 0) is 6.42 Å². The van der Waals surface area contributed by atoms with E-state index in [0.29, 0.717) is 11.8 Å². The molecule has 4 aromatic heterocycles. The molecule has 5 heterocycles. The third kappa shape index (κ3) is 3.98. The molecule has 1 saturated heterocycles. The van der Waals surface area contributed by atoms with Gasteiger partial charge >= 0.3 is 0 Å². The summed E-state index contributed by atoms with van der Waals surface area (Å²) in [5.41, 5.74) is 3.49. The maximum absolute atomic E-state index is 5.71. The fraction of sp³-hybridized carbons (Fsp3) is 0.318. The van der Waals surface area contributed by atoms with Crippen LogP contribution in [0, 0.1) is 6.92 Å². The van der Waals surface area contributed by atoms with Crippen molar-refractivity contribution in [2.45, 2.75) is 39.2 Å². The second-order valence-electron chi connectivity index (χ2n) is 7.63. The molecule has 0 radical (unpaired) electrons. The van der Waals surface area contributed by atoms with Crippen LogP contribution < -0.4 is 10.2 Å². The molecule has 1 aliphatic rings. The maximum atomic E-state index is 5.71. The second kappa shape index (κ2) is 8.17. The lowest BCUT2D eigenvalue weighted by Gasteiger charge is -2.23. The number of hydrogen-bond donors (Lipinski definition) is 2. The van der Waals surface area contributed by atoms with Crippen molar-refractivity contribution in [2.24, 2.45) is 0 Å². The number of pyridine rings is 1. The van der Waals surface area contributed by atoms with Crippen LogP contribution in [0.1, 0.15) is 43.0 Å². The average Bonchev–Trinajstić information content (AvgIpc) is 3.54. The van der Waals surface area contributed by atoms with E-state index in [9.17, 15) is 0 Å². The zero-order chi connectivity index (χ0) is 21.2. The number of nitrogens with zero attached hydrogens (tertiary/aromatic N) is 6. The Morgan fingerprint density at radius 1 is 1.16 bits per heavy atom. The van der Waals surface area contributed by atoms with Gasteiger partial charge in [-0.2, -0.15) is 10.1 Å². The van der Waals surface area contributed by atoms with Crippen molar-refractivity contribution < 1.29 is 4.52 Å². The molecule has 0 spiro atoms. The Hall–Kier alpha value is -3.75. The molecule has 2 N–H and O–H groups in total. The van der Waals surface area contributed by atoms with Crippen LogP contribution in [0.15, 0.2) is 47.1 Å². The van der Waals surface area contributed by atoms with Gasteiger partial charge in [-0.1, -0.05) is 18.1 Å². The Kier molecular flexibility index (Phi) is 5.07. The zero-order valence-electron chi connectivity index (χ0n) is 17.5. The van der Waals surface area contributed by atoms with Gasteiger partial charge in [-0.05, 0) is 38.3 Å². The molecular formula is C22H24N8O. The molecule has 31 heavy (non-hydrogen) atoms. The number of aryl methyl sites for hydroxylation is 2. The molecule has 9 heteroatoms. The third-order valence-corrected chi connectivity index (χ3v) is 5.40. The molecule has 1 aliphatic heterocycles. The van der Waals surface area contributed by atoms with Crippen LogP contribution in [0.5, 0.6) is 0 Å². The van der Waals surface area contributed by atoms with Crippen molar-refractivity contribution in [1.29, 1.82) is 0 Å². The molecule has 4 aromatic rings. The summed E-state index contributed by atoms with van der Waals surface area (Å²) in [7, 11) is 0. The van der Waals surface area contributed by atoms with Crippen molar-refractivity contribution in [3.63, 3.8) is 0 Å². The maximum Gasteiger partial charge on any atom is 0.228 e. The Bertz CT molecular complexity index is 1170. The van der Waals surface area contributed by atoms with Gasteiger partial charge in [0, 0.05) is 42.3 Å². The average molecular weight is 416 g/mol. The molecule has 1 unspecified atom stereocenters. The minimum absolute atomic E-state index is 0.0386. The largest absolute Gasteiger partial charge is 0.358 e. The predicted molar refractivity (Wildman–Crippen MR) is 117 cm³/mol. The minimum Gasteiger partial charge on any atom is -0.358 e. The summed E-state index contributed by atoms with van der Waals surface area (Å²) in [4.78, 5) is 16.0. The molecular weight excluding hydrogens is 392 g/mol. The summed E-state index contributed by atoms with van der Waals surface area (Å²) in [6.45, 7) is 4.91. The van der Waals surface area contributed by atoms with Gasteiger partial charge in [-0.3, -0.25) is 10.1 Å². The summed E-state index contributed by atoms with van der Waals surface area (Å²) in [6, 6.07) is 11.7. The van der Waals surface area contributed by atoms with Crippen LogP contribution in [0.2, 0.25) is 0 Å². The number of rotatable bonds is 6. The Labute approximate surface area is 179 Å². The standard InChI is InChI=1S/C22H24N8O/c1-3-15-12-21(28-27-15)25-20-11-14(2)24-22(26-20)30-10-6-8-18(30)19-13-17(29-31-19)16-7-4-5-9-23-16/h4-5,7,9,11-13,18H,3,6,8,10H2,1-2H3,(H2,24,25,26,27,28). The minimum atomic E-state index is 0.0386. The zero-order valence-corrected chi connectivity index (χ0v) is 17.5. The first kappa shape index (κ1) is 19.2. The van der Waals surface area contributed by atoms with Gasteiger partial charge in [-0.15, -0.1) is 0 Å². The summed E-state index contributed by atoms with van der Waals surface area (Å²) in [5.74, 6) is 2.94. The molecule has 0 saturated carbocycles. The first-order valence-electron chi connectivity index (χ1n) is 10.5. The highest BCUT2D eigenvalue weighted by molar-refractivity contribution is 5.56. The normalized spacial score (nSPS) is 16.1. The summed E-state index contributed by atoms with van der Waals surface area (Å²) < 4.78 is 5.71. The topological polar surface area (TPSA) is 109 Å². The van der Waals surface area contributed by atoms with Crippen molar-refractivity contribution in [1.82, 2.24) is 30.3 Å². The Morgan fingerprint density at radius 2 is 2.10 bits per heavy atom. The molecule has 0 bridgehead atoms. The first-order valence-corrected chi connectivity index (χ1v) is 10.5. The lowest BCUT2D eigenvalue weighted by molar-refractivity contribution is 0.362. The van der Waals surface area contributed by atoms with Crippen molar-refractivity contribution >= 4 is 17.6 Å². The van der Waals surface area contributed by atoms with E-state index in [1.54, 1.807) is 6.20 Å². The van der Waals surface area contributed by atoms with Gasteiger partial charge in [0.1, 0.15) is 11.5 Å². The van der Waals surface area contributed by atoms with Gasteiger partial charge in [-0.25, -0.2) is 4.98 Å². The first-order chi connectivity index (χ1) is 15.2. The number of anilines is 3. The van der Waals surface area contributed by atoms with E-state index in [2.05, 4.69) is 37.5 Å². The second-order valence-corrected chi connectivity index (χ2v) is 7.63. The lowest BCUT2D eigenvalue weighted by atomic mass is 10.1. The van der Waals surface area contributed by atoms with Crippen LogP contribution >= 0.6 is 0 Å². The fourth-order valence-corrected chi connectivity index (χ4v) is 3.87. The van der Waals surface area contributed by atoms with E-state index in [1.807, 2.05) is 43.3 Å². The number of H-pyrrole nitrogens is 1. The van der Waals surface area contributed by atoms with E-state index in [4.69, 9.17) is 14.5 Å². The highest BCUT2D eigenvalue weighted by Gasteiger charge is 2.32. The van der Waals surface area contributed by atoms with Crippen molar-refractivity contribution in [3.8, 4) is 11.4 Å². The van der Waals surface area contributed by atoms with Crippen molar-refractivity contribution in [2.75, 3.05) is 16.8 Å². The van der Waals surface area contributed by atoms with Crippen LogP contribution in [0.4, 0.5) is 17.6 Å².